The predicted octanol–water partition coefficient (Wildman–Crippen LogP) is 5.32. The van der Waals surface area contributed by atoms with Gasteiger partial charge in [0.05, 0.1) is 12.5 Å². The lowest BCUT2D eigenvalue weighted by Gasteiger charge is -2.19. The number of aryl methyl sites for hydroxylation is 1. The van der Waals surface area contributed by atoms with Crippen LogP contribution in [0.3, 0.4) is 0 Å². The molecule has 1 fully saturated rings. The van der Waals surface area contributed by atoms with Crippen LogP contribution in [0.15, 0.2) is 66.7 Å². The lowest BCUT2D eigenvalue weighted by Crippen LogP contribution is -2.26. The quantitative estimate of drug-likeness (QED) is 0.332. The van der Waals surface area contributed by atoms with Crippen molar-refractivity contribution >= 4 is 29.2 Å². The van der Waals surface area contributed by atoms with E-state index in [1.165, 1.54) is 0 Å². The van der Waals surface area contributed by atoms with Gasteiger partial charge in [-0.1, -0.05) is 43.7 Å². The Morgan fingerprint density at radius 1 is 1.06 bits per heavy atom. The van der Waals surface area contributed by atoms with Gasteiger partial charge in [-0.15, -0.1) is 0 Å². The number of anilines is 2. The highest BCUT2D eigenvalue weighted by molar-refractivity contribution is 6.06. The second kappa shape index (κ2) is 11.1. The third kappa shape index (κ3) is 5.74. The van der Waals surface area contributed by atoms with Gasteiger partial charge in [0.1, 0.15) is 5.75 Å². The first-order valence-corrected chi connectivity index (χ1v) is 12.1. The number of unbranched alkanes of at least 4 members (excludes halogenated alkanes) is 1. The zero-order chi connectivity index (χ0) is 25.7. The first-order chi connectivity index (χ1) is 17.4. The van der Waals surface area contributed by atoms with Crippen molar-refractivity contribution in [3.63, 3.8) is 0 Å². The summed E-state index contributed by atoms with van der Waals surface area (Å²) < 4.78 is 5.30. The Balaban J connectivity index is 1.48. The monoisotopic (exact) mass is 486 g/mol. The number of ether oxygens (including phenoxy) is 1. The van der Waals surface area contributed by atoms with Crippen LogP contribution in [0.4, 0.5) is 11.4 Å². The van der Waals surface area contributed by atoms with E-state index in [9.17, 15) is 19.5 Å². The number of rotatable bonds is 8. The summed E-state index contributed by atoms with van der Waals surface area (Å²) in [5.74, 6) is -1.07. The summed E-state index contributed by atoms with van der Waals surface area (Å²) in [6, 6.07) is 19.5. The summed E-state index contributed by atoms with van der Waals surface area (Å²) >= 11 is 0. The van der Waals surface area contributed by atoms with E-state index in [-0.39, 0.29) is 36.5 Å². The van der Waals surface area contributed by atoms with Gasteiger partial charge in [-0.2, -0.15) is 0 Å². The van der Waals surface area contributed by atoms with Crippen LogP contribution in [0.1, 0.15) is 42.1 Å². The Bertz CT molecular complexity index is 1270. The van der Waals surface area contributed by atoms with Crippen LogP contribution < -0.4 is 10.2 Å². The normalized spacial score (nSPS) is 15.1. The molecule has 1 atom stereocenters. The Kier molecular flexibility index (Phi) is 7.68. The maximum Gasteiger partial charge on any atom is 0.311 e. The molecule has 3 aromatic rings. The highest BCUT2D eigenvalue weighted by Gasteiger charge is 2.36. The van der Waals surface area contributed by atoms with Gasteiger partial charge in [0.2, 0.25) is 5.91 Å². The number of carbonyl (C=O) groups excluding carboxylic acids is 3. The molecule has 186 valence electrons. The third-order valence-electron chi connectivity index (χ3n) is 6.31. The molecule has 0 bridgehead atoms. The van der Waals surface area contributed by atoms with Gasteiger partial charge in [0, 0.05) is 29.9 Å². The molecule has 0 spiro atoms. The zero-order valence-electron chi connectivity index (χ0n) is 20.5. The van der Waals surface area contributed by atoms with Crippen molar-refractivity contribution in [2.45, 2.75) is 33.1 Å². The van der Waals surface area contributed by atoms with Crippen molar-refractivity contribution < 1.29 is 24.2 Å². The van der Waals surface area contributed by atoms with Gasteiger partial charge in [-0.25, -0.2) is 0 Å². The lowest BCUT2D eigenvalue weighted by molar-refractivity contribution is -0.148. The highest BCUT2D eigenvalue weighted by Crippen LogP contribution is 2.30. The van der Waals surface area contributed by atoms with E-state index in [1.54, 1.807) is 47.4 Å². The SMILES string of the molecule is CCCCOC(=O)C1CC(=O)N(c2ccc(C)c(NC(=O)c3cccc(-c4ccc(O)cc4)c3)c2)C1. The Labute approximate surface area is 210 Å². The summed E-state index contributed by atoms with van der Waals surface area (Å²) in [6.07, 6.45) is 1.85. The van der Waals surface area contributed by atoms with Gasteiger partial charge in [-0.05, 0) is 66.4 Å². The van der Waals surface area contributed by atoms with Crippen LogP contribution in [-0.4, -0.2) is 36.0 Å². The topological polar surface area (TPSA) is 95.9 Å². The van der Waals surface area contributed by atoms with Crippen LogP contribution in [-0.2, 0) is 14.3 Å². The molecule has 1 saturated heterocycles. The number of nitrogens with zero attached hydrogens (tertiary/aromatic N) is 1. The largest absolute Gasteiger partial charge is 0.508 e. The van der Waals surface area contributed by atoms with Crippen molar-refractivity contribution in [3.05, 3.63) is 77.9 Å². The summed E-state index contributed by atoms with van der Waals surface area (Å²) in [5, 5.41) is 12.5. The lowest BCUT2D eigenvalue weighted by atomic mass is 10.0. The van der Waals surface area contributed by atoms with Gasteiger partial charge < -0.3 is 20.1 Å². The molecule has 0 aliphatic carbocycles. The van der Waals surface area contributed by atoms with Gasteiger partial charge in [-0.3, -0.25) is 14.4 Å². The van der Waals surface area contributed by atoms with Crippen LogP contribution >= 0.6 is 0 Å². The molecular formula is C29H30N2O5. The first kappa shape index (κ1) is 25.0. The fraction of sp³-hybridized carbons (Fsp3) is 0.276. The maximum atomic E-state index is 13.1. The molecule has 7 nitrogen and oxygen atoms in total. The second-order valence-corrected chi connectivity index (χ2v) is 9.01. The van der Waals surface area contributed by atoms with Crippen molar-refractivity contribution in [3.8, 4) is 16.9 Å². The van der Waals surface area contributed by atoms with Crippen LogP contribution in [0, 0.1) is 12.8 Å². The summed E-state index contributed by atoms with van der Waals surface area (Å²) in [4.78, 5) is 39.7. The Morgan fingerprint density at radius 2 is 1.83 bits per heavy atom. The smallest absolute Gasteiger partial charge is 0.311 e. The van der Waals surface area contributed by atoms with Gasteiger partial charge >= 0.3 is 5.97 Å². The number of esters is 1. The molecule has 36 heavy (non-hydrogen) atoms. The van der Waals surface area contributed by atoms with E-state index >= 15 is 0 Å². The number of aromatic hydroxyl groups is 1. The zero-order valence-corrected chi connectivity index (χ0v) is 20.5. The van der Waals surface area contributed by atoms with E-state index in [0.717, 1.165) is 29.5 Å². The van der Waals surface area contributed by atoms with E-state index in [2.05, 4.69) is 5.32 Å². The first-order valence-electron chi connectivity index (χ1n) is 12.1. The summed E-state index contributed by atoms with van der Waals surface area (Å²) in [5.41, 5.74) is 4.29. The molecule has 1 unspecified atom stereocenters. The number of nitrogens with one attached hydrogen (secondary N) is 1. The number of amides is 2. The highest BCUT2D eigenvalue weighted by atomic mass is 16.5. The van der Waals surface area contributed by atoms with Crippen molar-refractivity contribution in [2.75, 3.05) is 23.4 Å². The molecule has 7 heteroatoms. The number of phenols is 1. The van der Waals surface area contributed by atoms with Crippen LogP contribution in [0.2, 0.25) is 0 Å². The average Bonchev–Trinajstić information content (AvgIpc) is 3.27. The molecule has 1 heterocycles. The fourth-order valence-corrected chi connectivity index (χ4v) is 4.15. The number of hydrogen-bond acceptors (Lipinski definition) is 5. The van der Waals surface area contributed by atoms with E-state index in [0.29, 0.717) is 23.5 Å². The average molecular weight is 487 g/mol. The standard InChI is InChI=1S/C29H30N2O5/c1-3-4-14-36-29(35)23-16-27(33)31(18-23)24-11-8-19(2)26(17-24)30-28(34)22-7-5-6-21(15-22)20-9-12-25(32)13-10-20/h5-13,15,17,23,32H,3-4,14,16,18H2,1-2H3,(H,30,34). The minimum atomic E-state index is -0.490. The van der Waals surface area contributed by atoms with E-state index in [1.807, 2.05) is 38.1 Å². The predicted molar refractivity (Wildman–Crippen MR) is 139 cm³/mol. The molecule has 1 aliphatic heterocycles. The molecule has 0 radical (unpaired) electrons. The number of phenolic OH excluding ortho intramolecular Hbond substituents is 1. The maximum absolute atomic E-state index is 13.1. The molecule has 0 aromatic heterocycles. The van der Waals surface area contributed by atoms with Crippen molar-refractivity contribution in [1.82, 2.24) is 0 Å². The van der Waals surface area contributed by atoms with Crippen LogP contribution in [0.25, 0.3) is 11.1 Å². The molecule has 4 rings (SSSR count). The number of benzene rings is 3. The van der Waals surface area contributed by atoms with Crippen LogP contribution in [0.5, 0.6) is 5.75 Å². The van der Waals surface area contributed by atoms with Crippen molar-refractivity contribution in [2.24, 2.45) is 5.92 Å². The Hall–Kier alpha value is -4.13. The molecule has 2 amide bonds. The minimum absolute atomic E-state index is 0.116. The molecule has 2 N–H and O–H groups in total. The molecule has 1 aliphatic rings. The van der Waals surface area contributed by atoms with E-state index in [4.69, 9.17) is 4.74 Å². The van der Waals surface area contributed by atoms with E-state index < -0.39 is 5.92 Å². The third-order valence-corrected chi connectivity index (χ3v) is 6.31. The fourth-order valence-electron chi connectivity index (χ4n) is 4.15. The summed E-state index contributed by atoms with van der Waals surface area (Å²) in [6.45, 7) is 4.53. The number of carbonyl (C=O) groups is 3. The molecule has 0 saturated carbocycles. The minimum Gasteiger partial charge on any atom is -0.508 e. The summed E-state index contributed by atoms with van der Waals surface area (Å²) in [7, 11) is 0. The number of hydrogen-bond donors (Lipinski definition) is 2. The van der Waals surface area contributed by atoms with Crippen molar-refractivity contribution in [1.29, 1.82) is 0 Å². The second-order valence-electron chi connectivity index (χ2n) is 9.01. The molecular weight excluding hydrogens is 456 g/mol. The van der Waals surface area contributed by atoms with Gasteiger partial charge in [0.15, 0.2) is 0 Å². The Morgan fingerprint density at radius 3 is 2.58 bits per heavy atom. The molecule has 3 aromatic carbocycles. The van der Waals surface area contributed by atoms with Gasteiger partial charge in [0.25, 0.3) is 5.91 Å².